The van der Waals surface area contributed by atoms with Gasteiger partial charge in [-0.25, -0.2) is 4.39 Å². The second-order valence-electron chi connectivity index (χ2n) is 5.90. The van der Waals surface area contributed by atoms with Crippen LogP contribution in [-0.4, -0.2) is 31.7 Å². The van der Waals surface area contributed by atoms with E-state index in [0.29, 0.717) is 37.6 Å². The summed E-state index contributed by atoms with van der Waals surface area (Å²) < 4.78 is 24.3. The fourth-order valence-electron chi connectivity index (χ4n) is 2.63. The minimum atomic E-state index is -0.335. The molecule has 0 saturated carbocycles. The fourth-order valence-corrected chi connectivity index (χ4v) is 2.63. The third-order valence-electron chi connectivity index (χ3n) is 3.83. The predicted molar refractivity (Wildman–Crippen MR) is 93.0 cm³/mol. The molecule has 0 spiro atoms. The molecule has 2 aromatic carbocycles. The second-order valence-corrected chi connectivity index (χ2v) is 5.90. The zero-order valence-corrected chi connectivity index (χ0v) is 13.8. The van der Waals surface area contributed by atoms with Crippen LogP contribution in [0.25, 0.3) is 0 Å². The first-order valence-corrected chi connectivity index (χ1v) is 8.28. The van der Waals surface area contributed by atoms with Gasteiger partial charge in [-0.2, -0.15) is 0 Å². The van der Waals surface area contributed by atoms with Crippen LogP contribution < -0.4 is 15.4 Å². The number of ether oxygens (including phenoxy) is 2. The van der Waals surface area contributed by atoms with Crippen molar-refractivity contribution in [1.29, 1.82) is 0 Å². The topological polar surface area (TPSA) is 59.6 Å². The van der Waals surface area contributed by atoms with Gasteiger partial charge in [0.25, 0.3) is 0 Å². The number of benzene rings is 2. The van der Waals surface area contributed by atoms with Gasteiger partial charge in [-0.1, -0.05) is 18.2 Å². The van der Waals surface area contributed by atoms with Crippen molar-refractivity contribution in [1.82, 2.24) is 5.32 Å². The third kappa shape index (κ3) is 5.55. The lowest BCUT2D eigenvalue weighted by atomic mass is 10.2. The third-order valence-corrected chi connectivity index (χ3v) is 3.83. The molecule has 1 saturated heterocycles. The van der Waals surface area contributed by atoms with E-state index in [2.05, 4.69) is 10.6 Å². The minimum Gasteiger partial charge on any atom is -0.489 e. The number of hydrogen-bond acceptors (Lipinski definition) is 4. The highest BCUT2D eigenvalue weighted by atomic mass is 19.1. The van der Waals surface area contributed by atoms with Crippen LogP contribution in [0, 0.1) is 5.82 Å². The van der Waals surface area contributed by atoms with Gasteiger partial charge in [0.15, 0.2) is 0 Å². The van der Waals surface area contributed by atoms with Crippen molar-refractivity contribution in [3.63, 3.8) is 0 Å². The molecule has 1 atom stereocenters. The van der Waals surface area contributed by atoms with E-state index < -0.39 is 0 Å². The molecule has 0 bridgehead atoms. The summed E-state index contributed by atoms with van der Waals surface area (Å²) >= 11 is 0. The summed E-state index contributed by atoms with van der Waals surface area (Å²) in [7, 11) is 0. The molecule has 5 nitrogen and oxygen atoms in total. The standard InChI is InChI=1S/C19H21FN2O3/c20-15-4-2-6-17(10-15)25-13-14-3-1-5-16(9-14)22-19(23)11-18-12-21-7-8-24-18/h1-6,9-10,18,21H,7-8,11-13H2,(H,22,23)/t18-/m1/s1. The largest absolute Gasteiger partial charge is 0.489 e. The highest BCUT2D eigenvalue weighted by molar-refractivity contribution is 5.91. The molecule has 0 unspecified atom stereocenters. The van der Waals surface area contributed by atoms with E-state index >= 15 is 0 Å². The number of halogens is 1. The molecule has 2 N–H and O–H groups in total. The van der Waals surface area contributed by atoms with Crippen LogP contribution in [0.2, 0.25) is 0 Å². The lowest BCUT2D eigenvalue weighted by Crippen LogP contribution is -2.40. The van der Waals surface area contributed by atoms with Crippen molar-refractivity contribution < 1.29 is 18.7 Å². The van der Waals surface area contributed by atoms with Gasteiger partial charge < -0.3 is 20.1 Å². The summed E-state index contributed by atoms with van der Waals surface area (Å²) in [6, 6.07) is 13.4. The Morgan fingerprint density at radius 3 is 2.96 bits per heavy atom. The van der Waals surface area contributed by atoms with Crippen molar-refractivity contribution in [3.05, 3.63) is 59.9 Å². The van der Waals surface area contributed by atoms with E-state index in [4.69, 9.17) is 9.47 Å². The molecule has 25 heavy (non-hydrogen) atoms. The molecule has 6 heteroatoms. The molecule has 1 heterocycles. The molecule has 1 aliphatic heterocycles. The average Bonchev–Trinajstić information content (AvgIpc) is 2.61. The van der Waals surface area contributed by atoms with Crippen LogP contribution in [0.5, 0.6) is 5.75 Å². The van der Waals surface area contributed by atoms with Gasteiger partial charge in [-0.05, 0) is 29.8 Å². The Hall–Kier alpha value is -2.44. The SMILES string of the molecule is O=C(C[C@@H]1CNCCO1)Nc1cccc(COc2cccc(F)c2)c1. The van der Waals surface area contributed by atoms with Crippen LogP contribution in [-0.2, 0) is 16.1 Å². The van der Waals surface area contributed by atoms with Crippen molar-refractivity contribution in [2.45, 2.75) is 19.1 Å². The van der Waals surface area contributed by atoms with E-state index in [1.165, 1.54) is 12.1 Å². The van der Waals surface area contributed by atoms with Crippen molar-refractivity contribution in [3.8, 4) is 5.75 Å². The predicted octanol–water partition coefficient (Wildman–Crippen LogP) is 2.72. The Balaban J connectivity index is 1.52. The van der Waals surface area contributed by atoms with Gasteiger partial charge in [-0.3, -0.25) is 4.79 Å². The summed E-state index contributed by atoms with van der Waals surface area (Å²) in [6.45, 7) is 2.44. The maximum Gasteiger partial charge on any atom is 0.227 e. The second kappa shape index (κ2) is 8.60. The lowest BCUT2D eigenvalue weighted by Gasteiger charge is -2.23. The molecular weight excluding hydrogens is 323 g/mol. The zero-order chi connectivity index (χ0) is 17.5. The van der Waals surface area contributed by atoms with Crippen LogP contribution in [0.3, 0.4) is 0 Å². The van der Waals surface area contributed by atoms with Crippen molar-refractivity contribution in [2.75, 3.05) is 25.0 Å². The maximum absolute atomic E-state index is 13.2. The number of amides is 1. The average molecular weight is 344 g/mol. The van der Waals surface area contributed by atoms with E-state index in [9.17, 15) is 9.18 Å². The Labute approximate surface area is 146 Å². The van der Waals surface area contributed by atoms with E-state index in [1.54, 1.807) is 12.1 Å². The summed E-state index contributed by atoms with van der Waals surface area (Å²) in [5.41, 5.74) is 1.59. The highest BCUT2D eigenvalue weighted by Crippen LogP contribution is 2.17. The molecule has 1 aliphatic rings. The first-order valence-electron chi connectivity index (χ1n) is 8.28. The van der Waals surface area contributed by atoms with Crippen LogP contribution >= 0.6 is 0 Å². The molecule has 1 amide bonds. The zero-order valence-electron chi connectivity index (χ0n) is 13.8. The molecule has 132 valence electrons. The van der Waals surface area contributed by atoms with Gasteiger partial charge in [0.1, 0.15) is 18.2 Å². The Morgan fingerprint density at radius 2 is 2.16 bits per heavy atom. The molecule has 0 aromatic heterocycles. The number of nitrogens with one attached hydrogen (secondary N) is 2. The number of carbonyl (C=O) groups is 1. The summed E-state index contributed by atoms with van der Waals surface area (Å²) in [6.07, 6.45) is 0.227. The summed E-state index contributed by atoms with van der Waals surface area (Å²) in [5.74, 6) is 0.0474. The molecule has 2 aromatic rings. The Morgan fingerprint density at radius 1 is 1.28 bits per heavy atom. The lowest BCUT2D eigenvalue weighted by molar-refractivity contribution is -0.119. The van der Waals surface area contributed by atoms with Gasteiger partial charge >= 0.3 is 0 Å². The Bertz CT molecular complexity index is 717. The van der Waals surface area contributed by atoms with E-state index in [0.717, 1.165) is 12.1 Å². The summed E-state index contributed by atoms with van der Waals surface area (Å²) in [4.78, 5) is 12.1. The van der Waals surface area contributed by atoms with Crippen molar-refractivity contribution in [2.24, 2.45) is 0 Å². The van der Waals surface area contributed by atoms with Crippen LogP contribution in [0.4, 0.5) is 10.1 Å². The van der Waals surface area contributed by atoms with E-state index in [1.807, 2.05) is 24.3 Å². The van der Waals surface area contributed by atoms with Crippen LogP contribution in [0.1, 0.15) is 12.0 Å². The van der Waals surface area contributed by atoms with Gasteiger partial charge in [0.2, 0.25) is 5.91 Å². The summed E-state index contributed by atoms with van der Waals surface area (Å²) in [5, 5.41) is 6.08. The van der Waals surface area contributed by atoms with Crippen LogP contribution in [0.15, 0.2) is 48.5 Å². The number of hydrogen-bond donors (Lipinski definition) is 2. The monoisotopic (exact) mass is 344 g/mol. The first kappa shape index (κ1) is 17.4. The molecule has 3 rings (SSSR count). The molecule has 0 aliphatic carbocycles. The molecular formula is C19H21FN2O3. The number of morpholine rings is 1. The number of carbonyl (C=O) groups excluding carboxylic acids is 1. The molecule has 1 fully saturated rings. The van der Waals surface area contributed by atoms with Gasteiger partial charge in [0, 0.05) is 24.8 Å². The molecule has 0 radical (unpaired) electrons. The first-order chi connectivity index (χ1) is 12.2. The fraction of sp³-hybridized carbons (Fsp3) is 0.316. The maximum atomic E-state index is 13.2. The van der Waals surface area contributed by atoms with Crippen molar-refractivity contribution >= 4 is 11.6 Å². The van der Waals surface area contributed by atoms with Gasteiger partial charge in [-0.15, -0.1) is 0 Å². The van der Waals surface area contributed by atoms with Gasteiger partial charge in [0.05, 0.1) is 19.1 Å². The smallest absolute Gasteiger partial charge is 0.227 e. The quantitative estimate of drug-likeness (QED) is 0.846. The minimum absolute atomic E-state index is 0.0862. The number of rotatable bonds is 6. The van der Waals surface area contributed by atoms with E-state index in [-0.39, 0.29) is 17.8 Å². The normalized spacial score (nSPS) is 17.1. The number of anilines is 1. The Kier molecular flexibility index (Phi) is 5.98. The highest BCUT2D eigenvalue weighted by Gasteiger charge is 2.17.